The Bertz CT molecular complexity index is 762. The van der Waals surface area contributed by atoms with Crippen LogP contribution >= 0.6 is 11.6 Å². The van der Waals surface area contributed by atoms with Gasteiger partial charge >= 0.3 is 12.1 Å². The molecule has 0 fully saturated rings. The third-order valence-electron chi connectivity index (χ3n) is 2.88. The second kappa shape index (κ2) is 5.68. The summed E-state index contributed by atoms with van der Waals surface area (Å²) in [5, 5.41) is -0.632. The van der Waals surface area contributed by atoms with Gasteiger partial charge in [0.25, 0.3) is 0 Å². The lowest BCUT2D eigenvalue weighted by atomic mass is 10.1. The van der Waals surface area contributed by atoms with Crippen LogP contribution in [0.5, 0.6) is 0 Å². The summed E-state index contributed by atoms with van der Waals surface area (Å²) in [6.45, 7) is 2.64. The quantitative estimate of drug-likeness (QED) is 0.474. The standard InChI is InChI=1S/C13H9ClF4N2O2/c1-3-22-12(21)7-4-6-5(2)8(15)10(14)20-11(6)19-9(7)13(16,17)18/h4H,3H2,1-2H3. The second-order valence-corrected chi connectivity index (χ2v) is 4.67. The van der Waals surface area contributed by atoms with Crippen molar-refractivity contribution in [2.75, 3.05) is 6.61 Å². The number of esters is 1. The molecule has 0 unspecified atom stereocenters. The minimum atomic E-state index is -4.90. The molecule has 0 saturated carbocycles. The molecule has 9 heteroatoms. The highest BCUT2D eigenvalue weighted by Gasteiger charge is 2.38. The SMILES string of the molecule is CCOC(=O)c1cc2c(C)c(F)c(Cl)nc2nc1C(F)(F)F. The van der Waals surface area contributed by atoms with Crippen molar-refractivity contribution in [3.8, 4) is 0 Å². The van der Waals surface area contributed by atoms with Gasteiger partial charge in [0.1, 0.15) is 0 Å². The van der Waals surface area contributed by atoms with Crippen LogP contribution in [0, 0.1) is 12.7 Å². The average Bonchev–Trinajstić information content (AvgIpc) is 2.43. The van der Waals surface area contributed by atoms with Gasteiger partial charge in [-0.05, 0) is 25.5 Å². The molecule has 4 nitrogen and oxygen atoms in total. The fourth-order valence-electron chi connectivity index (χ4n) is 1.86. The lowest BCUT2D eigenvalue weighted by Crippen LogP contribution is -2.18. The fourth-order valence-corrected chi connectivity index (χ4v) is 2.08. The summed E-state index contributed by atoms with van der Waals surface area (Å²) in [6, 6.07) is 0.866. The number of rotatable bonds is 2. The predicted octanol–water partition coefficient (Wildman–Crippen LogP) is 3.93. The van der Waals surface area contributed by atoms with Crippen molar-refractivity contribution in [1.82, 2.24) is 9.97 Å². The van der Waals surface area contributed by atoms with E-state index in [0.717, 1.165) is 6.07 Å². The Morgan fingerprint density at radius 2 is 2.00 bits per heavy atom. The Hall–Kier alpha value is -1.96. The van der Waals surface area contributed by atoms with Crippen molar-refractivity contribution in [2.24, 2.45) is 0 Å². The Morgan fingerprint density at radius 3 is 2.55 bits per heavy atom. The molecule has 0 atom stereocenters. The van der Waals surface area contributed by atoms with Gasteiger partial charge in [0.05, 0.1) is 12.2 Å². The predicted molar refractivity (Wildman–Crippen MR) is 70.2 cm³/mol. The first-order valence-corrected chi connectivity index (χ1v) is 6.45. The molecule has 0 saturated heterocycles. The number of aromatic nitrogens is 2. The number of hydrogen-bond acceptors (Lipinski definition) is 4. The molecule has 0 bridgehead atoms. The molecule has 0 aromatic carbocycles. The van der Waals surface area contributed by atoms with Crippen LogP contribution in [-0.2, 0) is 10.9 Å². The van der Waals surface area contributed by atoms with Crippen LogP contribution in [0.4, 0.5) is 17.6 Å². The van der Waals surface area contributed by atoms with Gasteiger partial charge in [0.2, 0.25) is 0 Å². The van der Waals surface area contributed by atoms with Gasteiger partial charge in [-0.3, -0.25) is 0 Å². The zero-order chi connectivity index (χ0) is 16.7. The van der Waals surface area contributed by atoms with Crippen LogP contribution in [0.3, 0.4) is 0 Å². The smallest absolute Gasteiger partial charge is 0.434 e. The molecule has 0 amide bonds. The van der Waals surface area contributed by atoms with Gasteiger partial charge in [0.15, 0.2) is 22.3 Å². The summed E-state index contributed by atoms with van der Waals surface area (Å²) in [4.78, 5) is 18.5. The molecule has 2 aromatic rings. The van der Waals surface area contributed by atoms with E-state index >= 15 is 0 Å². The van der Waals surface area contributed by atoms with Gasteiger partial charge in [0, 0.05) is 5.39 Å². The Balaban J connectivity index is 2.83. The van der Waals surface area contributed by atoms with Crippen LogP contribution in [0.2, 0.25) is 5.15 Å². The van der Waals surface area contributed by atoms with E-state index < -0.39 is 40.0 Å². The van der Waals surface area contributed by atoms with Crippen molar-refractivity contribution in [2.45, 2.75) is 20.0 Å². The van der Waals surface area contributed by atoms with Crippen LogP contribution in [0.1, 0.15) is 28.5 Å². The number of alkyl halides is 3. The molecular formula is C13H9ClF4N2O2. The van der Waals surface area contributed by atoms with E-state index in [1.807, 2.05) is 0 Å². The topological polar surface area (TPSA) is 52.1 Å². The van der Waals surface area contributed by atoms with E-state index in [1.165, 1.54) is 13.8 Å². The fraction of sp³-hybridized carbons (Fsp3) is 0.308. The van der Waals surface area contributed by atoms with Gasteiger partial charge in [-0.1, -0.05) is 11.6 Å². The number of hydrogen-bond donors (Lipinski definition) is 0. The molecule has 0 aliphatic carbocycles. The van der Waals surface area contributed by atoms with Crippen LogP contribution in [0.15, 0.2) is 6.07 Å². The molecule has 22 heavy (non-hydrogen) atoms. The lowest BCUT2D eigenvalue weighted by Gasteiger charge is -2.13. The van der Waals surface area contributed by atoms with Crippen molar-refractivity contribution in [3.05, 3.63) is 33.9 Å². The summed E-state index contributed by atoms with van der Waals surface area (Å²) in [5.74, 6) is -2.08. The zero-order valence-corrected chi connectivity index (χ0v) is 12.1. The minimum Gasteiger partial charge on any atom is -0.462 e. The van der Waals surface area contributed by atoms with Crippen molar-refractivity contribution >= 4 is 28.6 Å². The highest BCUT2D eigenvalue weighted by atomic mass is 35.5. The molecule has 2 aromatic heterocycles. The molecule has 0 radical (unpaired) electrons. The van der Waals surface area contributed by atoms with Crippen LogP contribution in [-0.4, -0.2) is 22.5 Å². The number of ether oxygens (including phenoxy) is 1. The number of aryl methyl sites for hydroxylation is 1. The largest absolute Gasteiger partial charge is 0.462 e. The normalized spacial score (nSPS) is 11.8. The first kappa shape index (κ1) is 16.4. The van der Waals surface area contributed by atoms with Gasteiger partial charge in [-0.2, -0.15) is 13.2 Å². The van der Waals surface area contributed by atoms with Crippen molar-refractivity contribution in [3.63, 3.8) is 0 Å². The van der Waals surface area contributed by atoms with E-state index in [1.54, 1.807) is 0 Å². The van der Waals surface area contributed by atoms with E-state index in [4.69, 9.17) is 11.6 Å². The first-order valence-electron chi connectivity index (χ1n) is 6.07. The molecule has 0 N–H and O–H groups in total. The number of fused-ring (bicyclic) bond motifs is 1. The van der Waals surface area contributed by atoms with Gasteiger partial charge in [-0.25, -0.2) is 19.2 Å². The first-order chi connectivity index (χ1) is 10.2. The molecule has 0 aliphatic rings. The van der Waals surface area contributed by atoms with Gasteiger partial charge in [-0.15, -0.1) is 0 Å². The number of halogens is 5. The van der Waals surface area contributed by atoms with E-state index in [9.17, 15) is 22.4 Å². The summed E-state index contributed by atoms with van der Waals surface area (Å²) in [5.41, 5.74) is -2.70. The molecular weight excluding hydrogens is 328 g/mol. The van der Waals surface area contributed by atoms with E-state index in [0.29, 0.717) is 0 Å². The molecule has 2 rings (SSSR count). The Labute approximate surface area is 127 Å². The number of pyridine rings is 2. The van der Waals surface area contributed by atoms with Gasteiger partial charge < -0.3 is 4.74 Å². The van der Waals surface area contributed by atoms with Crippen LogP contribution in [0.25, 0.3) is 11.0 Å². The second-order valence-electron chi connectivity index (χ2n) is 4.32. The molecule has 0 spiro atoms. The monoisotopic (exact) mass is 336 g/mol. The number of nitrogens with zero attached hydrogens (tertiary/aromatic N) is 2. The summed E-state index contributed by atoms with van der Waals surface area (Å²) >= 11 is 5.51. The summed E-state index contributed by atoms with van der Waals surface area (Å²) < 4.78 is 57.5. The zero-order valence-electron chi connectivity index (χ0n) is 11.4. The maximum atomic E-state index is 13.7. The van der Waals surface area contributed by atoms with Crippen molar-refractivity contribution in [1.29, 1.82) is 0 Å². The molecule has 0 aliphatic heterocycles. The lowest BCUT2D eigenvalue weighted by molar-refractivity contribution is -0.141. The van der Waals surface area contributed by atoms with E-state index in [-0.39, 0.29) is 17.6 Å². The van der Waals surface area contributed by atoms with Crippen LogP contribution < -0.4 is 0 Å². The van der Waals surface area contributed by atoms with Crippen molar-refractivity contribution < 1.29 is 27.1 Å². The summed E-state index contributed by atoms with van der Waals surface area (Å²) in [6.07, 6.45) is -4.90. The minimum absolute atomic E-state index is 0.0436. The van der Waals surface area contributed by atoms with E-state index in [2.05, 4.69) is 14.7 Å². The molecule has 118 valence electrons. The summed E-state index contributed by atoms with van der Waals surface area (Å²) in [7, 11) is 0. The highest BCUT2D eigenvalue weighted by Crippen LogP contribution is 2.34. The third kappa shape index (κ3) is 2.83. The maximum Gasteiger partial charge on any atom is 0.434 e. The Morgan fingerprint density at radius 1 is 1.36 bits per heavy atom. The Kier molecular flexibility index (Phi) is 4.23. The number of carbonyl (C=O) groups excluding carboxylic acids is 1. The third-order valence-corrected chi connectivity index (χ3v) is 3.14. The average molecular weight is 337 g/mol. The molecule has 2 heterocycles. The number of carbonyl (C=O) groups is 1. The highest BCUT2D eigenvalue weighted by molar-refractivity contribution is 6.30. The maximum absolute atomic E-state index is 13.7.